The van der Waals surface area contributed by atoms with Gasteiger partial charge in [0.05, 0.1) is 44.8 Å². The molecule has 6 aromatic heterocycles. The number of fused-ring (bicyclic) bond motifs is 6. The lowest BCUT2D eigenvalue weighted by Gasteiger charge is -2.14. The molecule has 0 radical (unpaired) electrons. The zero-order valence-corrected chi connectivity index (χ0v) is 42.9. The molecule has 13 aromatic rings. The number of hydrogen-bond donors (Lipinski definition) is 0. The van der Waals surface area contributed by atoms with E-state index in [1.807, 2.05) is 30.9 Å². The van der Waals surface area contributed by atoms with E-state index in [2.05, 4.69) is 244 Å². The molecule has 7 nitrogen and oxygen atoms in total. The first-order chi connectivity index (χ1) is 38.6. The Bertz CT molecular complexity index is 4380. The molecule has 0 amide bonds. The van der Waals surface area contributed by atoms with Crippen LogP contribution in [0.4, 0.5) is 0 Å². The Kier molecular flexibility index (Phi) is 12.1. The van der Waals surface area contributed by atoms with Crippen LogP contribution in [0.1, 0.15) is 35.2 Å². The highest BCUT2D eigenvalue weighted by molar-refractivity contribution is 6.10. The number of aromatic nitrogens is 6. The second kappa shape index (κ2) is 20.3. The van der Waals surface area contributed by atoms with Crippen molar-refractivity contribution in [3.63, 3.8) is 0 Å². The third-order valence-corrected chi connectivity index (χ3v) is 15.1. The lowest BCUT2D eigenvalue weighted by Crippen LogP contribution is -2.01. The van der Waals surface area contributed by atoms with Gasteiger partial charge in [0.2, 0.25) is 0 Å². The quantitative estimate of drug-likeness (QED) is 0.115. The van der Waals surface area contributed by atoms with Crippen molar-refractivity contribution in [3.05, 3.63) is 278 Å². The minimum Gasteiger partial charge on any atom is -0.489 e. The fourth-order valence-electron chi connectivity index (χ4n) is 11.3. The van der Waals surface area contributed by atoms with Crippen LogP contribution in [-0.2, 0) is 19.4 Å². The van der Waals surface area contributed by atoms with Gasteiger partial charge in [-0.15, -0.1) is 0 Å². The van der Waals surface area contributed by atoms with Gasteiger partial charge in [0.25, 0.3) is 0 Å². The van der Waals surface area contributed by atoms with Crippen molar-refractivity contribution in [1.82, 2.24) is 29.1 Å². The van der Waals surface area contributed by atoms with Gasteiger partial charge >= 0.3 is 0 Å². The first kappa shape index (κ1) is 46.5. The summed E-state index contributed by atoms with van der Waals surface area (Å²) in [6, 6.07) is 75.5. The van der Waals surface area contributed by atoms with Crippen molar-refractivity contribution in [1.29, 1.82) is 0 Å². The number of pyridine rings is 4. The Morgan fingerprint density at radius 3 is 1.46 bits per heavy atom. The van der Waals surface area contributed by atoms with Crippen molar-refractivity contribution in [2.75, 3.05) is 0 Å². The van der Waals surface area contributed by atoms with E-state index in [9.17, 15) is 0 Å². The molecule has 78 heavy (non-hydrogen) atoms. The number of allylic oxidation sites excluding steroid dienone is 4. The summed E-state index contributed by atoms with van der Waals surface area (Å²) >= 11 is 0. The van der Waals surface area contributed by atoms with Crippen LogP contribution < -0.4 is 4.74 Å². The minimum absolute atomic E-state index is 0.405. The van der Waals surface area contributed by atoms with E-state index in [1.165, 1.54) is 16.5 Å². The molecule has 1 aliphatic carbocycles. The highest BCUT2D eigenvalue weighted by Crippen LogP contribution is 2.38. The fraction of sp³-hybridized carbons (Fsp3) is 0.0704. The number of rotatable bonds is 13. The molecule has 0 spiro atoms. The molecule has 1 aliphatic rings. The lowest BCUT2D eigenvalue weighted by molar-refractivity contribution is 0.306. The SMILES string of the molecule is C1=CC(c2cc(COc3ccc4c(c3)c3cnccc3n4-c3cccc(-c4cccc(-n5c6ccncc6c6cc(CCc7cc(-c8ccccc8)nc(-c8ccccc8)c7)ccc65)c4)c3)cc(-c3ccccc3)n2)=CCC1. The molecule has 0 N–H and O–H groups in total. The smallest absolute Gasteiger partial charge is 0.120 e. The zero-order valence-electron chi connectivity index (χ0n) is 42.9. The summed E-state index contributed by atoms with van der Waals surface area (Å²) in [6.07, 6.45) is 18.3. The van der Waals surface area contributed by atoms with E-state index >= 15 is 0 Å². The summed E-state index contributed by atoms with van der Waals surface area (Å²) in [5.74, 6) is 0.796. The number of nitrogens with zero attached hydrogens (tertiary/aromatic N) is 6. The Morgan fingerprint density at radius 1 is 0.385 bits per heavy atom. The Labute approximate surface area is 452 Å². The van der Waals surface area contributed by atoms with E-state index in [-0.39, 0.29) is 0 Å². The van der Waals surface area contributed by atoms with E-state index in [1.54, 1.807) is 0 Å². The standard InChI is InChI=1S/C71H52N6O/c1-5-15-51(16-6-1)64-38-49(39-65(74-64)52-17-7-2-8-18-52)28-27-48-29-31-68-60(37-48)62-45-72-35-33-70(62)76(68)57-25-13-23-55(42-57)56-24-14-26-58(43-56)77-69-32-30-59(44-61(69)63-46-73-36-34-71(63)77)78-47-50-40-66(53-19-9-3-10-20-53)75-67(41-50)54-21-11-4-12-22-54/h1-3,5-11,13-26,29-46H,4,12,27-28,47H2. The van der Waals surface area contributed by atoms with Gasteiger partial charge in [0.15, 0.2) is 0 Å². The number of benzene rings is 7. The van der Waals surface area contributed by atoms with Crippen molar-refractivity contribution in [2.45, 2.75) is 32.3 Å². The molecule has 0 saturated carbocycles. The molecule has 7 aromatic carbocycles. The van der Waals surface area contributed by atoms with Crippen molar-refractivity contribution in [2.24, 2.45) is 0 Å². The Balaban J connectivity index is 0.759. The Hall–Kier alpha value is -9.98. The van der Waals surface area contributed by atoms with E-state index in [0.717, 1.165) is 143 Å². The molecule has 14 rings (SSSR count). The first-order valence-electron chi connectivity index (χ1n) is 26.8. The van der Waals surface area contributed by atoms with Gasteiger partial charge < -0.3 is 13.9 Å². The summed E-state index contributed by atoms with van der Waals surface area (Å²) in [5.41, 5.74) is 20.8. The zero-order chi connectivity index (χ0) is 51.8. The topological polar surface area (TPSA) is 70.7 Å². The largest absolute Gasteiger partial charge is 0.489 e. The summed E-state index contributed by atoms with van der Waals surface area (Å²) in [6.45, 7) is 0.405. The van der Waals surface area contributed by atoms with Crippen molar-refractivity contribution < 1.29 is 4.74 Å². The third kappa shape index (κ3) is 9.01. The molecule has 7 heteroatoms. The molecule has 0 bridgehead atoms. The minimum atomic E-state index is 0.405. The maximum absolute atomic E-state index is 6.63. The van der Waals surface area contributed by atoms with Crippen LogP contribution in [0.25, 0.3) is 105 Å². The number of aryl methyl sites for hydroxylation is 2. The lowest BCUT2D eigenvalue weighted by atomic mass is 9.99. The third-order valence-electron chi connectivity index (χ3n) is 15.1. The fourth-order valence-corrected chi connectivity index (χ4v) is 11.3. The van der Waals surface area contributed by atoms with Crippen LogP contribution in [0.3, 0.4) is 0 Å². The average molecular weight is 1010 g/mol. The molecule has 0 aliphatic heterocycles. The van der Waals surface area contributed by atoms with Crippen LogP contribution in [0.5, 0.6) is 5.75 Å². The molecule has 372 valence electrons. The van der Waals surface area contributed by atoms with Crippen LogP contribution in [0.2, 0.25) is 0 Å². The van der Waals surface area contributed by atoms with Gasteiger partial charge in [-0.1, -0.05) is 140 Å². The van der Waals surface area contributed by atoms with Crippen LogP contribution in [0, 0.1) is 0 Å². The maximum Gasteiger partial charge on any atom is 0.120 e. The van der Waals surface area contributed by atoms with Gasteiger partial charge in [-0.2, -0.15) is 0 Å². The second-order valence-electron chi connectivity index (χ2n) is 20.1. The van der Waals surface area contributed by atoms with E-state index in [4.69, 9.17) is 14.7 Å². The number of ether oxygens (including phenoxy) is 1. The van der Waals surface area contributed by atoms with Gasteiger partial charge in [0, 0.05) is 74.4 Å². The van der Waals surface area contributed by atoms with Crippen molar-refractivity contribution in [3.8, 4) is 62.0 Å². The maximum atomic E-state index is 6.63. The molecular formula is C71H52N6O. The molecular weight excluding hydrogens is 953 g/mol. The summed E-state index contributed by atoms with van der Waals surface area (Å²) in [7, 11) is 0. The first-order valence-corrected chi connectivity index (χ1v) is 26.8. The van der Waals surface area contributed by atoms with Crippen molar-refractivity contribution >= 4 is 49.2 Å². The highest BCUT2D eigenvalue weighted by atomic mass is 16.5. The summed E-state index contributed by atoms with van der Waals surface area (Å²) in [4.78, 5) is 19.4. The van der Waals surface area contributed by atoms with E-state index < -0.39 is 0 Å². The monoisotopic (exact) mass is 1000 g/mol. The predicted molar refractivity (Wildman–Crippen MR) is 319 cm³/mol. The van der Waals surface area contributed by atoms with Gasteiger partial charge in [-0.25, -0.2) is 9.97 Å². The molecule has 0 unspecified atom stereocenters. The molecule has 0 atom stereocenters. The van der Waals surface area contributed by atoms with Gasteiger partial charge in [-0.3, -0.25) is 9.97 Å². The second-order valence-corrected chi connectivity index (χ2v) is 20.1. The van der Waals surface area contributed by atoms with E-state index in [0.29, 0.717) is 6.61 Å². The predicted octanol–water partition coefficient (Wildman–Crippen LogP) is 17.2. The molecule has 0 fully saturated rings. The summed E-state index contributed by atoms with van der Waals surface area (Å²) < 4.78 is 11.4. The molecule has 0 saturated heterocycles. The van der Waals surface area contributed by atoms with Crippen LogP contribution in [0.15, 0.2) is 255 Å². The number of hydrogen-bond acceptors (Lipinski definition) is 5. The van der Waals surface area contributed by atoms with Gasteiger partial charge in [-0.05, 0) is 150 Å². The normalized spacial score (nSPS) is 12.4. The van der Waals surface area contributed by atoms with Crippen LogP contribution >= 0.6 is 0 Å². The summed E-state index contributed by atoms with van der Waals surface area (Å²) in [5, 5.41) is 4.47. The highest BCUT2D eigenvalue weighted by Gasteiger charge is 2.18. The molecule has 6 heterocycles. The van der Waals surface area contributed by atoms with Gasteiger partial charge in [0.1, 0.15) is 12.4 Å². The van der Waals surface area contributed by atoms with Crippen LogP contribution in [-0.4, -0.2) is 29.1 Å². The Morgan fingerprint density at radius 2 is 0.885 bits per heavy atom. The average Bonchev–Trinajstić information content (AvgIpc) is 4.06.